The highest BCUT2D eigenvalue weighted by Crippen LogP contribution is 2.32. The van der Waals surface area contributed by atoms with Crippen LogP contribution in [-0.2, 0) is 6.54 Å². The third-order valence-electron chi connectivity index (χ3n) is 4.16. The van der Waals surface area contributed by atoms with Crippen LogP contribution < -0.4 is 10.6 Å². The van der Waals surface area contributed by atoms with Crippen molar-refractivity contribution in [1.29, 1.82) is 0 Å². The quantitative estimate of drug-likeness (QED) is 0.861. The van der Waals surface area contributed by atoms with E-state index in [0.717, 1.165) is 24.3 Å². The van der Waals surface area contributed by atoms with Gasteiger partial charge in [0, 0.05) is 42.8 Å². The molecule has 0 aromatic carbocycles. The average molecular weight is 252 g/mol. The SMILES string of the molecule is CN1C2CCC1CN(c1ncc(CN)s1)CC2. The van der Waals surface area contributed by atoms with Crippen molar-refractivity contribution in [3.63, 3.8) is 0 Å². The Labute approximate surface area is 106 Å². The summed E-state index contributed by atoms with van der Waals surface area (Å²) in [7, 11) is 2.28. The second-order valence-corrected chi connectivity index (χ2v) is 6.19. The zero-order chi connectivity index (χ0) is 11.8. The van der Waals surface area contributed by atoms with Gasteiger partial charge in [0.25, 0.3) is 0 Å². The lowest BCUT2D eigenvalue weighted by Gasteiger charge is -2.25. The lowest BCUT2D eigenvalue weighted by atomic mass is 10.1. The van der Waals surface area contributed by atoms with E-state index in [4.69, 9.17) is 5.73 Å². The van der Waals surface area contributed by atoms with Crippen LogP contribution in [0.3, 0.4) is 0 Å². The van der Waals surface area contributed by atoms with Gasteiger partial charge in [-0.05, 0) is 26.3 Å². The minimum Gasteiger partial charge on any atom is -0.346 e. The van der Waals surface area contributed by atoms with Gasteiger partial charge in [0.1, 0.15) is 0 Å². The zero-order valence-corrected chi connectivity index (χ0v) is 11.1. The number of nitrogens with two attached hydrogens (primary N) is 1. The zero-order valence-electron chi connectivity index (χ0n) is 10.3. The van der Waals surface area contributed by atoms with Crippen molar-refractivity contribution in [2.45, 2.75) is 37.9 Å². The molecule has 2 unspecified atom stereocenters. The first-order valence-electron chi connectivity index (χ1n) is 6.39. The maximum atomic E-state index is 5.65. The topological polar surface area (TPSA) is 45.4 Å². The molecule has 3 rings (SSSR count). The van der Waals surface area contributed by atoms with Gasteiger partial charge in [-0.3, -0.25) is 4.90 Å². The molecule has 1 aromatic rings. The van der Waals surface area contributed by atoms with Crippen molar-refractivity contribution in [1.82, 2.24) is 9.88 Å². The molecule has 0 saturated carbocycles. The van der Waals surface area contributed by atoms with Gasteiger partial charge in [-0.25, -0.2) is 4.98 Å². The molecule has 2 saturated heterocycles. The Balaban J connectivity index is 1.76. The number of likely N-dealkylation sites (N-methyl/N-ethyl adjacent to an activating group) is 1. The van der Waals surface area contributed by atoms with Gasteiger partial charge >= 0.3 is 0 Å². The van der Waals surface area contributed by atoms with E-state index < -0.39 is 0 Å². The molecular formula is C12H20N4S. The summed E-state index contributed by atoms with van der Waals surface area (Å²) in [5.41, 5.74) is 5.65. The van der Waals surface area contributed by atoms with Crippen molar-refractivity contribution >= 4 is 16.5 Å². The highest BCUT2D eigenvalue weighted by molar-refractivity contribution is 7.15. The highest BCUT2D eigenvalue weighted by atomic mass is 32.1. The summed E-state index contributed by atoms with van der Waals surface area (Å²) in [6.45, 7) is 2.88. The second-order valence-electron chi connectivity index (χ2n) is 5.10. The standard InChI is InChI=1S/C12H20N4S/c1-15-9-2-3-10(15)8-16(5-4-9)12-14-7-11(6-13)17-12/h7,9-10H,2-6,8,13H2,1H3. The normalized spacial score (nSPS) is 29.6. The molecule has 0 amide bonds. The fraction of sp³-hybridized carbons (Fsp3) is 0.750. The van der Waals surface area contributed by atoms with Crippen LogP contribution in [0, 0.1) is 0 Å². The molecular weight excluding hydrogens is 232 g/mol. The Bertz CT molecular complexity index is 392. The van der Waals surface area contributed by atoms with Gasteiger partial charge < -0.3 is 10.6 Å². The van der Waals surface area contributed by atoms with Gasteiger partial charge in [0.05, 0.1) is 0 Å². The molecule has 2 aliphatic rings. The molecule has 94 valence electrons. The minimum atomic E-state index is 0.609. The molecule has 17 heavy (non-hydrogen) atoms. The van der Waals surface area contributed by atoms with Crippen LogP contribution in [0.5, 0.6) is 0 Å². The van der Waals surface area contributed by atoms with Crippen molar-refractivity contribution in [2.24, 2.45) is 5.73 Å². The predicted molar refractivity (Wildman–Crippen MR) is 71.4 cm³/mol. The molecule has 0 radical (unpaired) electrons. The summed E-state index contributed by atoms with van der Waals surface area (Å²) in [4.78, 5) is 10.7. The van der Waals surface area contributed by atoms with E-state index in [2.05, 4.69) is 21.8 Å². The summed E-state index contributed by atoms with van der Waals surface area (Å²) >= 11 is 1.75. The van der Waals surface area contributed by atoms with Crippen LogP contribution in [0.15, 0.2) is 6.20 Å². The lowest BCUT2D eigenvalue weighted by Crippen LogP contribution is -2.36. The van der Waals surface area contributed by atoms with Crippen LogP contribution in [0.4, 0.5) is 5.13 Å². The summed E-state index contributed by atoms with van der Waals surface area (Å²) in [5, 5.41) is 1.16. The molecule has 1 aromatic heterocycles. The first kappa shape index (κ1) is 11.4. The van der Waals surface area contributed by atoms with Crippen LogP contribution in [0.2, 0.25) is 0 Å². The molecule has 2 atom stereocenters. The van der Waals surface area contributed by atoms with E-state index in [1.165, 1.54) is 24.1 Å². The fourth-order valence-corrected chi connectivity index (χ4v) is 3.84. The van der Waals surface area contributed by atoms with E-state index in [9.17, 15) is 0 Å². The van der Waals surface area contributed by atoms with Crippen LogP contribution in [0.25, 0.3) is 0 Å². The molecule has 3 heterocycles. The van der Waals surface area contributed by atoms with E-state index in [-0.39, 0.29) is 0 Å². The first-order chi connectivity index (χ1) is 8.28. The molecule has 5 heteroatoms. The molecule has 0 spiro atoms. The minimum absolute atomic E-state index is 0.609. The Morgan fingerprint density at radius 2 is 2.24 bits per heavy atom. The van der Waals surface area contributed by atoms with Crippen molar-refractivity contribution in [3.8, 4) is 0 Å². The van der Waals surface area contributed by atoms with Crippen LogP contribution >= 0.6 is 11.3 Å². The largest absolute Gasteiger partial charge is 0.346 e. The first-order valence-corrected chi connectivity index (χ1v) is 7.21. The number of fused-ring (bicyclic) bond motifs is 2. The second kappa shape index (κ2) is 4.55. The third-order valence-corrected chi connectivity index (χ3v) is 5.24. The molecule has 2 fully saturated rings. The monoisotopic (exact) mass is 252 g/mol. The number of thiazole rings is 1. The number of hydrogen-bond donors (Lipinski definition) is 1. The Kier molecular flexibility index (Phi) is 3.06. The van der Waals surface area contributed by atoms with Gasteiger partial charge in [-0.15, -0.1) is 11.3 Å². The summed E-state index contributed by atoms with van der Waals surface area (Å²) in [6.07, 6.45) is 5.91. The van der Waals surface area contributed by atoms with Gasteiger partial charge in [-0.2, -0.15) is 0 Å². The molecule has 2 aliphatic heterocycles. The van der Waals surface area contributed by atoms with E-state index >= 15 is 0 Å². The van der Waals surface area contributed by atoms with Crippen molar-refractivity contribution < 1.29 is 0 Å². The van der Waals surface area contributed by atoms with Gasteiger partial charge in [0.2, 0.25) is 0 Å². The highest BCUT2D eigenvalue weighted by Gasteiger charge is 2.35. The molecule has 2 N–H and O–H groups in total. The van der Waals surface area contributed by atoms with E-state index in [1.54, 1.807) is 11.3 Å². The fourth-order valence-electron chi connectivity index (χ4n) is 3.02. The van der Waals surface area contributed by atoms with Gasteiger partial charge in [0.15, 0.2) is 5.13 Å². The number of nitrogens with zero attached hydrogens (tertiary/aromatic N) is 3. The maximum absolute atomic E-state index is 5.65. The Morgan fingerprint density at radius 3 is 3.00 bits per heavy atom. The lowest BCUT2D eigenvalue weighted by molar-refractivity contribution is 0.254. The van der Waals surface area contributed by atoms with E-state index in [1.807, 2.05) is 6.20 Å². The molecule has 4 nitrogen and oxygen atoms in total. The van der Waals surface area contributed by atoms with Crippen molar-refractivity contribution in [2.75, 3.05) is 25.0 Å². The number of anilines is 1. The molecule has 2 bridgehead atoms. The Hall–Kier alpha value is -0.650. The average Bonchev–Trinajstić information content (AvgIpc) is 2.86. The van der Waals surface area contributed by atoms with Crippen LogP contribution in [0.1, 0.15) is 24.1 Å². The predicted octanol–water partition coefficient (Wildman–Crippen LogP) is 1.27. The van der Waals surface area contributed by atoms with E-state index in [0.29, 0.717) is 12.6 Å². The van der Waals surface area contributed by atoms with Crippen molar-refractivity contribution in [3.05, 3.63) is 11.1 Å². The smallest absolute Gasteiger partial charge is 0.185 e. The molecule has 0 aliphatic carbocycles. The summed E-state index contributed by atoms with van der Waals surface area (Å²) < 4.78 is 0. The number of aromatic nitrogens is 1. The maximum Gasteiger partial charge on any atom is 0.185 e. The van der Waals surface area contributed by atoms with Gasteiger partial charge in [-0.1, -0.05) is 0 Å². The number of rotatable bonds is 2. The summed E-state index contributed by atoms with van der Waals surface area (Å²) in [5.74, 6) is 0. The summed E-state index contributed by atoms with van der Waals surface area (Å²) in [6, 6.07) is 1.51. The number of hydrogen-bond acceptors (Lipinski definition) is 5. The van der Waals surface area contributed by atoms with Crippen LogP contribution in [-0.4, -0.2) is 42.1 Å². The Morgan fingerprint density at radius 1 is 1.41 bits per heavy atom. The third kappa shape index (κ3) is 2.07.